The number of hydrogen-bond acceptors (Lipinski definition) is 7. The van der Waals surface area contributed by atoms with E-state index in [0.29, 0.717) is 5.69 Å². The van der Waals surface area contributed by atoms with Gasteiger partial charge >= 0.3 is 0 Å². The van der Waals surface area contributed by atoms with E-state index in [0.717, 1.165) is 30.8 Å². The topological polar surface area (TPSA) is 88.9 Å². The molecule has 0 spiro atoms. The minimum atomic E-state index is -0.302. The Morgan fingerprint density at radius 3 is 2.33 bits per heavy atom. The normalized spacial score (nSPS) is 12.0. The van der Waals surface area contributed by atoms with Crippen LogP contribution < -0.4 is 10.6 Å². The van der Waals surface area contributed by atoms with Crippen molar-refractivity contribution >= 4 is 62.6 Å². The molecule has 2 aromatic heterocycles. The molecule has 0 saturated heterocycles. The number of benzene rings is 3. The number of rotatable bonds is 10. The van der Waals surface area contributed by atoms with Crippen molar-refractivity contribution in [2.75, 3.05) is 11.1 Å². The molecule has 7 nitrogen and oxygen atoms in total. The minimum Gasteiger partial charge on any atom is -0.344 e. The first-order valence-corrected chi connectivity index (χ1v) is 15.0. The molecule has 39 heavy (non-hydrogen) atoms. The van der Waals surface area contributed by atoms with Crippen molar-refractivity contribution in [1.82, 2.24) is 19.9 Å². The van der Waals surface area contributed by atoms with Crippen molar-refractivity contribution in [3.8, 4) is 0 Å². The summed E-state index contributed by atoms with van der Waals surface area (Å²) in [6, 6.07) is 25.4. The molecule has 0 aliphatic heterocycles. The predicted molar refractivity (Wildman–Crippen MR) is 160 cm³/mol. The number of nitrogens with zero attached hydrogens (tertiary/aromatic N) is 3. The molecule has 198 valence electrons. The summed E-state index contributed by atoms with van der Waals surface area (Å²) >= 11 is 4.33. The van der Waals surface area contributed by atoms with Crippen LogP contribution in [-0.2, 0) is 16.6 Å². The zero-order valence-electron chi connectivity index (χ0n) is 21.4. The van der Waals surface area contributed by atoms with E-state index in [-0.39, 0.29) is 28.9 Å². The fraction of sp³-hybridized carbons (Fsp3) is 0.172. The van der Waals surface area contributed by atoms with Crippen LogP contribution in [0.5, 0.6) is 0 Å². The smallest absolute Gasteiger partial charge is 0.237 e. The fourth-order valence-corrected chi connectivity index (χ4v) is 6.69. The summed E-state index contributed by atoms with van der Waals surface area (Å²) in [7, 11) is 1.90. The van der Waals surface area contributed by atoms with Gasteiger partial charge in [0.1, 0.15) is 0 Å². The Morgan fingerprint density at radius 1 is 1.00 bits per heavy atom. The van der Waals surface area contributed by atoms with Crippen LogP contribution in [0.2, 0.25) is 0 Å². The van der Waals surface area contributed by atoms with E-state index >= 15 is 0 Å². The van der Waals surface area contributed by atoms with Gasteiger partial charge in [0, 0.05) is 25.1 Å². The summed E-state index contributed by atoms with van der Waals surface area (Å²) in [6.07, 6.45) is 3.57. The van der Waals surface area contributed by atoms with Crippen molar-refractivity contribution in [2.45, 2.75) is 27.7 Å². The Morgan fingerprint density at radius 2 is 1.69 bits per heavy atom. The van der Waals surface area contributed by atoms with Gasteiger partial charge in [-0.15, -0.1) is 11.3 Å². The highest BCUT2D eigenvalue weighted by Crippen LogP contribution is 2.32. The number of aromatic nitrogens is 3. The van der Waals surface area contributed by atoms with E-state index in [1.165, 1.54) is 34.9 Å². The zero-order valence-corrected chi connectivity index (χ0v) is 23.9. The molecule has 5 rings (SSSR count). The summed E-state index contributed by atoms with van der Waals surface area (Å²) in [5.41, 5.74) is 3.61. The van der Waals surface area contributed by atoms with Crippen molar-refractivity contribution < 1.29 is 9.59 Å². The lowest BCUT2D eigenvalue weighted by Crippen LogP contribution is -2.30. The van der Waals surface area contributed by atoms with E-state index in [1.54, 1.807) is 6.20 Å². The molecule has 3 aromatic carbocycles. The lowest BCUT2D eigenvalue weighted by atomic mass is 9.99. The summed E-state index contributed by atoms with van der Waals surface area (Å²) < 4.78 is 3.64. The Bertz CT molecular complexity index is 1530. The van der Waals surface area contributed by atoms with Crippen LogP contribution in [0.4, 0.5) is 5.69 Å². The summed E-state index contributed by atoms with van der Waals surface area (Å²) in [5, 5.41) is 6.65. The number of hydrogen-bond donors (Lipinski definition) is 2. The second-order valence-corrected chi connectivity index (χ2v) is 12.4. The molecule has 2 heterocycles. The summed E-state index contributed by atoms with van der Waals surface area (Å²) in [4.78, 5) is 34.6. The molecular formula is C29H27N5O2S3. The lowest BCUT2D eigenvalue weighted by molar-refractivity contribution is -0.119. The fourth-order valence-electron chi connectivity index (χ4n) is 3.94. The lowest BCUT2D eigenvalue weighted by Gasteiger charge is -2.19. The van der Waals surface area contributed by atoms with Crippen molar-refractivity contribution in [2.24, 2.45) is 7.05 Å². The number of anilines is 1. The van der Waals surface area contributed by atoms with Crippen LogP contribution in [0.1, 0.15) is 24.1 Å². The van der Waals surface area contributed by atoms with Crippen LogP contribution in [0.15, 0.2) is 101 Å². The molecule has 5 aromatic rings. The highest BCUT2D eigenvalue weighted by atomic mass is 32.2. The third-order valence-corrected chi connectivity index (χ3v) is 9.30. The number of thiazole rings is 1. The molecule has 2 N–H and O–H groups in total. The van der Waals surface area contributed by atoms with Gasteiger partial charge in [0.05, 0.1) is 27.3 Å². The number of carbonyl (C=O) groups excluding carboxylic acids is 2. The average Bonchev–Trinajstić information content (AvgIpc) is 3.56. The highest BCUT2D eigenvalue weighted by molar-refractivity contribution is 8.01. The first kappa shape index (κ1) is 27.0. The Labute approximate surface area is 239 Å². The molecular weight excluding hydrogens is 547 g/mol. The van der Waals surface area contributed by atoms with Gasteiger partial charge in [-0.05, 0) is 36.2 Å². The molecule has 0 radical (unpaired) electrons. The van der Waals surface area contributed by atoms with E-state index in [9.17, 15) is 9.59 Å². The maximum atomic E-state index is 13.0. The summed E-state index contributed by atoms with van der Waals surface area (Å²) in [6.45, 7) is 1.86. The number of thioether (sulfide) groups is 2. The molecule has 0 bridgehead atoms. The second-order valence-electron chi connectivity index (χ2n) is 8.84. The van der Waals surface area contributed by atoms with E-state index in [2.05, 4.69) is 20.6 Å². The number of carbonyl (C=O) groups is 2. The van der Waals surface area contributed by atoms with Gasteiger partial charge in [-0.1, -0.05) is 84.2 Å². The molecule has 0 aliphatic carbocycles. The largest absolute Gasteiger partial charge is 0.344 e. The van der Waals surface area contributed by atoms with Gasteiger partial charge < -0.3 is 15.2 Å². The first-order chi connectivity index (χ1) is 19.0. The molecule has 0 saturated carbocycles. The van der Waals surface area contributed by atoms with Crippen molar-refractivity contribution in [1.29, 1.82) is 0 Å². The predicted octanol–water partition coefficient (Wildman–Crippen LogP) is 6.15. The standard InChI is InChI=1S/C29H27N5O2S3/c1-19(38-28-30-15-16-34(28)2)27(36)31-22-13-14-23-24(17-22)39-29(32-23)37-18-25(35)33-26(20-9-5-3-6-10-20)21-11-7-4-8-12-21/h3-17,19,26H,18H2,1-2H3,(H,31,36)(H,33,35)/t19-/m1/s1. The third kappa shape index (κ3) is 6.89. The van der Waals surface area contributed by atoms with E-state index in [4.69, 9.17) is 0 Å². The maximum absolute atomic E-state index is 13.0. The molecule has 10 heteroatoms. The van der Waals surface area contributed by atoms with Gasteiger partial charge in [0.15, 0.2) is 9.50 Å². The number of aryl methyl sites for hydroxylation is 1. The van der Waals surface area contributed by atoms with Gasteiger partial charge in [0.25, 0.3) is 0 Å². The first-order valence-electron chi connectivity index (χ1n) is 12.3. The van der Waals surface area contributed by atoms with Crippen LogP contribution >= 0.6 is 34.9 Å². The second kappa shape index (κ2) is 12.5. The van der Waals surface area contributed by atoms with E-state index in [1.807, 2.05) is 104 Å². The maximum Gasteiger partial charge on any atom is 0.237 e. The minimum absolute atomic E-state index is 0.0656. The van der Waals surface area contributed by atoms with Crippen LogP contribution in [-0.4, -0.2) is 37.4 Å². The third-order valence-electron chi connectivity index (χ3n) is 5.96. The molecule has 1 atom stereocenters. The van der Waals surface area contributed by atoms with Crippen LogP contribution in [0.3, 0.4) is 0 Å². The van der Waals surface area contributed by atoms with Gasteiger partial charge in [-0.3, -0.25) is 9.59 Å². The van der Waals surface area contributed by atoms with Gasteiger partial charge in [-0.2, -0.15) is 0 Å². The SMILES string of the molecule is C[C@@H](Sc1nccn1C)C(=O)Nc1ccc2nc(SCC(=O)NC(c3ccccc3)c3ccccc3)sc2c1. The molecule has 0 aliphatic rings. The molecule has 0 fully saturated rings. The Kier molecular flexibility index (Phi) is 8.65. The number of fused-ring (bicyclic) bond motifs is 1. The van der Waals surface area contributed by atoms with Crippen LogP contribution in [0, 0.1) is 0 Å². The van der Waals surface area contributed by atoms with Gasteiger partial charge in [0.2, 0.25) is 11.8 Å². The van der Waals surface area contributed by atoms with E-state index < -0.39 is 0 Å². The van der Waals surface area contributed by atoms with Crippen molar-refractivity contribution in [3.63, 3.8) is 0 Å². The molecule has 2 amide bonds. The summed E-state index contributed by atoms with van der Waals surface area (Å²) in [5.74, 6) is 0.0928. The Balaban J connectivity index is 1.20. The van der Waals surface area contributed by atoms with Crippen molar-refractivity contribution in [3.05, 3.63) is 102 Å². The molecule has 0 unspecified atom stereocenters. The zero-order chi connectivity index (χ0) is 27.2. The van der Waals surface area contributed by atoms with Gasteiger partial charge in [-0.25, -0.2) is 9.97 Å². The Hall–Kier alpha value is -3.60. The average molecular weight is 574 g/mol. The monoisotopic (exact) mass is 573 g/mol. The number of amides is 2. The quantitative estimate of drug-likeness (QED) is 0.195. The number of nitrogens with one attached hydrogen (secondary N) is 2. The highest BCUT2D eigenvalue weighted by Gasteiger charge is 2.19. The number of imidazole rings is 1. The van der Waals surface area contributed by atoms with Crippen LogP contribution in [0.25, 0.3) is 10.2 Å².